The van der Waals surface area contributed by atoms with Crippen molar-refractivity contribution < 1.29 is 0 Å². The monoisotopic (exact) mass is 277 g/mol. The first-order valence-corrected chi connectivity index (χ1v) is 7.08. The van der Waals surface area contributed by atoms with Crippen molar-refractivity contribution in [3.05, 3.63) is 22.8 Å². The van der Waals surface area contributed by atoms with Gasteiger partial charge in [-0.05, 0) is 50.6 Å². The van der Waals surface area contributed by atoms with Gasteiger partial charge in [-0.25, -0.2) is 0 Å². The molecule has 1 N–H and O–H groups in total. The quantitative estimate of drug-likeness (QED) is 0.751. The van der Waals surface area contributed by atoms with Crippen molar-refractivity contribution >= 4 is 0 Å². The van der Waals surface area contributed by atoms with Crippen LogP contribution in [0.4, 0.5) is 0 Å². The fraction of sp³-hybridized carbons (Fsp3) is 0.692. The lowest BCUT2D eigenvalue weighted by Gasteiger charge is -2.04. The first-order chi connectivity index (χ1) is 9.61. The fourth-order valence-electron chi connectivity index (χ4n) is 2.29. The molecule has 7 heteroatoms. The van der Waals surface area contributed by atoms with Crippen LogP contribution in [0.25, 0.3) is 0 Å². The maximum absolute atomic E-state index is 4.59. The lowest BCUT2D eigenvalue weighted by molar-refractivity contribution is 0.609. The summed E-state index contributed by atoms with van der Waals surface area (Å²) < 4.78 is 1.96. The summed E-state index contributed by atoms with van der Waals surface area (Å²) in [4.78, 5) is 1.47. The van der Waals surface area contributed by atoms with E-state index in [4.69, 9.17) is 0 Å². The molecule has 0 saturated heterocycles. The van der Waals surface area contributed by atoms with E-state index >= 15 is 0 Å². The molecule has 110 valence electrons. The summed E-state index contributed by atoms with van der Waals surface area (Å²) in [5.41, 5.74) is 3.59. The van der Waals surface area contributed by atoms with Gasteiger partial charge in [0.1, 0.15) is 6.54 Å². The van der Waals surface area contributed by atoms with Crippen molar-refractivity contribution in [1.29, 1.82) is 0 Å². The molecule has 2 aromatic heterocycles. The van der Waals surface area contributed by atoms with Crippen LogP contribution in [0.5, 0.6) is 0 Å². The Bertz CT molecular complexity index is 555. The van der Waals surface area contributed by atoms with Crippen molar-refractivity contribution in [3.8, 4) is 0 Å². The Balaban J connectivity index is 2.04. The van der Waals surface area contributed by atoms with Crippen molar-refractivity contribution in [2.24, 2.45) is 7.05 Å². The van der Waals surface area contributed by atoms with E-state index in [9.17, 15) is 0 Å². The molecular weight excluding hydrogens is 254 g/mol. The first-order valence-electron chi connectivity index (χ1n) is 7.08. The molecule has 0 aliphatic heterocycles. The number of nitrogens with one attached hydrogen (secondary N) is 1. The lowest BCUT2D eigenvalue weighted by Crippen LogP contribution is -2.18. The Morgan fingerprint density at radius 3 is 2.60 bits per heavy atom. The van der Waals surface area contributed by atoms with E-state index in [-0.39, 0.29) is 0 Å². The van der Waals surface area contributed by atoms with Gasteiger partial charge in [-0.2, -0.15) is 9.90 Å². The second-order valence-corrected chi connectivity index (χ2v) is 5.00. The molecule has 0 aliphatic carbocycles. The zero-order valence-electron chi connectivity index (χ0n) is 12.7. The minimum absolute atomic E-state index is 0.572. The summed E-state index contributed by atoms with van der Waals surface area (Å²) in [6, 6.07) is 0. The van der Waals surface area contributed by atoms with Crippen LogP contribution in [0.1, 0.15) is 36.1 Å². The molecule has 0 amide bonds. The van der Waals surface area contributed by atoms with Gasteiger partial charge in [0, 0.05) is 5.69 Å². The SMILES string of the molecule is CCCNCCc1c(C)nn(Cc2nnn(C)n2)c1C. The third kappa shape index (κ3) is 3.41. The molecule has 2 aromatic rings. The van der Waals surface area contributed by atoms with Crippen molar-refractivity contribution in [3.63, 3.8) is 0 Å². The van der Waals surface area contributed by atoms with Gasteiger partial charge in [0.05, 0.1) is 12.7 Å². The van der Waals surface area contributed by atoms with E-state index in [1.54, 1.807) is 7.05 Å². The van der Waals surface area contributed by atoms with Crippen LogP contribution in [0, 0.1) is 13.8 Å². The molecule has 0 aromatic carbocycles. The number of aryl methyl sites for hydroxylation is 2. The minimum atomic E-state index is 0.572. The third-order valence-corrected chi connectivity index (χ3v) is 3.35. The predicted molar refractivity (Wildman–Crippen MR) is 76.5 cm³/mol. The molecule has 2 heterocycles. The van der Waals surface area contributed by atoms with Crippen LogP contribution < -0.4 is 5.32 Å². The summed E-state index contributed by atoms with van der Waals surface area (Å²) in [6.45, 7) is 8.97. The maximum atomic E-state index is 4.59. The highest BCUT2D eigenvalue weighted by atomic mass is 15.6. The van der Waals surface area contributed by atoms with Gasteiger partial charge in [-0.3, -0.25) is 4.68 Å². The van der Waals surface area contributed by atoms with Gasteiger partial charge in [-0.15, -0.1) is 10.2 Å². The fourth-order valence-corrected chi connectivity index (χ4v) is 2.29. The zero-order valence-corrected chi connectivity index (χ0v) is 12.7. The highest BCUT2D eigenvalue weighted by Gasteiger charge is 2.13. The Morgan fingerprint density at radius 1 is 1.15 bits per heavy atom. The molecule has 0 aliphatic rings. The van der Waals surface area contributed by atoms with E-state index in [0.717, 1.165) is 31.6 Å². The summed E-state index contributed by atoms with van der Waals surface area (Å²) in [5, 5.41) is 20.1. The van der Waals surface area contributed by atoms with E-state index in [0.29, 0.717) is 12.4 Å². The van der Waals surface area contributed by atoms with Crippen LogP contribution in [0.3, 0.4) is 0 Å². The molecule has 2 rings (SSSR count). The van der Waals surface area contributed by atoms with Gasteiger partial charge in [-0.1, -0.05) is 6.92 Å². The number of hydrogen-bond acceptors (Lipinski definition) is 5. The van der Waals surface area contributed by atoms with E-state index in [1.165, 1.54) is 16.1 Å². The van der Waals surface area contributed by atoms with Gasteiger partial charge in [0.15, 0.2) is 5.82 Å². The van der Waals surface area contributed by atoms with Crippen LogP contribution in [-0.4, -0.2) is 43.1 Å². The van der Waals surface area contributed by atoms with Crippen molar-refractivity contribution in [2.45, 2.75) is 40.2 Å². The average molecular weight is 277 g/mol. The molecule has 20 heavy (non-hydrogen) atoms. The predicted octanol–water partition coefficient (Wildman–Crippen LogP) is 0.614. The first kappa shape index (κ1) is 14.6. The minimum Gasteiger partial charge on any atom is -0.316 e. The average Bonchev–Trinajstić information content (AvgIpc) is 2.93. The zero-order chi connectivity index (χ0) is 14.5. The highest BCUT2D eigenvalue weighted by molar-refractivity contribution is 5.25. The number of nitrogens with zero attached hydrogens (tertiary/aromatic N) is 6. The molecule has 7 nitrogen and oxygen atoms in total. The molecule has 0 bridgehead atoms. The van der Waals surface area contributed by atoms with Crippen LogP contribution in [0.15, 0.2) is 0 Å². The molecule has 0 unspecified atom stereocenters. The molecule has 0 saturated carbocycles. The molecule has 0 fully saturated rings. The number of hydrogen-bond donors (Lipinski definition) is 1. The van der Waals surface area contributed by atoms with E-state index in [2.05, 4.69) is 46.6 Å². The van der Waals surface area contributed by atoms with Gasteiger partial charge in [0.25, 0.3) is 0 Å². The largest absolute Gasteiger partial charge is 0.316 e. The maximum Gasteiger partial charge on any atom is 0.196 e. The van der Waals surface area contributed by atoms with E-state index in [1.807, 2.05) is 4.68 Å². The summed E-state index contributed by atoms with van der Waals surface area (Å²) in [7, 11) is 1.77. The lowest BCUT2D eigenvalue weighted by atomic mass is 10.1. The standard InChI is InChI=1S/C13H23N7/c1-5-7-14-8-6-12-10(2)16-20(11(12)3)9-13-15-18-19(4)17-13/h14H,5-9H2,1-4H3. The molecular formula is C13H23N7. The Morgan fingerprint density at radius 2 is 1.95 bits per heavy atom. The Labute approximate surface area is 119 Å². The molecule has 0 spiro atoms. The highest BCUT2D eigenvalue weighted by Crippen LogP contribution is 2.14. The van der Waals surface area contributed by atoms with Gasteiger partial charge < -0.3 is 5.32 Å². The van der Waals surface area contributed by atoms with Crippen molar-refractivity contribution in [2.75, 3.05) is 13.1 Å². The topological polar surface area (TPSA) is 73.5 Å². The summed E-state index contributed by atoms with van der Waals surface area (Å²) in [6.07, 6.45) is 2.17. The normalized spacial score (nSPS) is 11.2. The third-order valence-electron chi connectivity index (χ3n) is 3.35. The van der Waals surface area contributed by atoms with Crippen LogP contribution in [-0.2, 0) is 20.0 Å². The molecule has 0 radical (unpaired) electrons. The second kappa shape index (κ2) is 6.60. The van der Waals surface area contributed by atoms with Gasteiger partial charge in [0.2, 0.25) is 0 Å². The summed E-state index contributed by atoms with van der Waals surface area (Å²) >= 11 is 0. The van der Waals surface area contributed by atoms with Crippen LogP contribution >= 0.6 is 0 Å². The number of aromatic nitrogens is 6. The van der Waals surface area contributed by atoms with E-state index < -0.39 is 0 Å². The molecule has 0 atom stereocenters. The number of tetrazole rings is 1. The Hall–Kier alpha value is -1.76. The van der Waals surface area contributed by atoms with Gasteiger partial charge >= 0.3 is 0 Å². The smallest absolute Gasteiger partial charge is 0.196 e. The van der Waals surface area contributed by atoms with Crippen LogP contribution in [0.2, 0.25) is 0 Å². The second-order valence-electron chi connectivity index (χ2n) is 5.00. The Kier molecular flexibility index (Phi) is 4.84. The number of rotatable bonds is 7. The van der Waals surface area contributed by atoms with Crippen molar-refractivity contribution in [1.82, 2.24) is 35.3 Å². The summed E-state index contributed by atoms with van der Waals surface area (Å²) in [5.74, 6) is 0.689.